The van der Waals surface area contributed by atoms with Gasteiger partial charge in [0.1, 0.15) is 18.1 Å². The van der Waals surface area contributed by atoms with Crippen molar-refractivity contribution in [2.75, 3.05) is 6.54 Å². The third kappa shape index (κ3) is 3.98. The smallest absolute Gasteiger partial charge is 0.329 e. The summed E-state index contributed by atoms with van der Waals surface area (Å²) in [6, 6.07) is 16.2. The number of nitriles is 1. The highest BCUT2D eigenvalue weighted by atomic mass is 16.5. The normalized spacial score (nSPS) is 15.0. The van der Waals surface area contributed by atoms with Gasteiger partial charge < -0.3 is 10.1 Å². The average Bonchev–Trinajstić information content (AvgIpc) is 2.95. The fourth-order valence-electron chi connectivity index (χ4n) is 2.80. The molecule has 6 heteroatoms. The number of benzene rings is 2. The highest BCUT2D eigenvalue weighted by Crippen LogP contribution is 2.24. The van der Waals surface area contributed by atoms with E-state index in [1.165, 1.54) is 4.90 Å². The van der Waals surface area contributed by atoms with Gasteiger partial charge in [-0.05, 0) is 24.6 Å². The molecule has 2 aromatic rings. The zero-order valence-electron chi connectivity index (χ0n) is 14.9. The Kier molecular flexibility index (Phi) is 5.53. The van der Waals surface area contributed by atoms with E-state index in [1.807, 2.05) is 31.2 Å². The zero-order chi connectivity index (χ0) is 19.2. The average molecular weight is 361 g/mol. The molecule has 1 aliphatic rings. The van der Waals surface area contributed by atoms with Crippen LogP contribution in [0.5, 0.6) is 5.75 Å². The molecule has 1 aliphatic heterocycles. The number of carbonyl (C=O) groups excluding carboxylic acids is 2. The van der Waals surface area contributed by atoms with Crippen LogP contribution in [0.4, 0.5) is 4.79 Å². The van der Waals surface area contributed by atoms with E-state index < -0.39 is 6.03 Å². The Bertz CT molecular complexity index is 944. The molecule has 0 aliphatic carbocycles. The standard InChI is InChI=1S/C21H19N3O3/c1-2-11-24-20(25)18(23-21(24)26)12-15-7-5-6-10-19(15)27-14-17-9-4-3-8-16(17)13-22/h3-10,12H,2,11,14H2,1H3,(H,23,26)/b18-12+. The summed E-state index contributed by atoms with van der Waals surface area (Å²) in [5.74, 6) is 0.222. The monoisotopic (exact) mass is 361 g/mol. The van der Waals surface area contributed by atoms with Gasteiger partial charge in [0, 0.05) is 17.7 Å². The van der Waals surface area contributed by atoms with Crippen molar-refractivity contribution in [2.24, 2.45) is 0 Å². The van der Waals surface area contributed by atoms with Crippen molar-refractivity contribution in [1.29, 1.82) is 5.26 Å². The number of para-hydroxylation sites is 1. The van der Waals surface area contributed by atoms with Crippen LogP contribution in [0.2, 0.25) is 0 Å². The molecule has 1 fully saturated rings. The molecule has 0 saturated carbocycles. The molecule has 3 amide bonds. The Labute approximate surface area is 157 Å². The first-order valence-electron chi connectivity index (χ1n) is 8.68. The molecule has 27 heavy (non-hydrogen) atoms. The molecule has 3 rings (SSSR count). The summed E-state index contributed by atoms with van der Waals surface area (Å²) in [6.45, 7) is 2.52. The number of carbonyl (C=O) groups is 2. The Morgan fingerprint density at radius 3 is 2.67 bits per heavy atom. The van der Waals surface area contributed by atoms with E-state index in [1.54, 1.807) is 30.3 Å². The second kappa shape index (κ2) is 8.19. The van der Waals surface area contributed by atoms with Gasteiger partial charge >= 0.3 is 6.03 Å². The number of hydrogen-bond donors (Lipinski definition) is 1. The van der Waals surface area contributed by atoms with Crippen LogP contribution in [-0.2, 0) is 11.4 Å². The van der Waals surface area contributed by atoms with Gasteiger partial charge in [0.15, 0.2) is 0 Å². The van der Waals surface area contributed by atoms with Crippen LogP contribution < -0.4 is 10.1 Å². The third-order valence-corrected chi connectivity index (χ3v) is 4.15. The van der Waals surface area contributed by atoms with Crippen LogP contribution in [0.3, 0.4) is 0 Å². The highest BCUT2D eigenvalue weighted by molar-refractivity contribution is 6.14. The molecular formula is C21H19N3O3. The van der Waals surface area contributed by atoms with Crippen molar-refractivity contribution in [2.45, 2.75) is 20.0 Å². The Balaban J connectivity index is 1.82. The maximum absolute atomic E-state index is 12.4. The zero-order valence-corrected chi connectivity index (χ0v) is 14.9. The van der Waals surface area contributed by atoms with E-state index in [9.17, 15) is 14.9 Å². The lowest BCUT2D eigenvalue weighted by molar-refractivity contribution is -0.122. The van der Waals surface area contributed by atoms with Gasteiger partial charge in [0.2, 0.25) is 0 Å². The first kappa shape index (κ1) is 18.2. The maximum Gasteiger partial charge on any atom is 0.329 e. The number of urea groups is 1. The number of imide groups is 1. The van der Waals surface area contributed by atoms with Crippen LogP contribution in [0, 0.1) is 11.3 Å². The summed E-state index contributed by atoms with van der Waals surface area (Å²) >= 11 is 0. The Morgan fingerprint density at radius 2 is 1.89 bits per heavy atom. The van der Waals surface area contributed by atoms with E-state index in [4.69, 9.17) is 4.74 Å². The van der Waals surface area contributed by atoms with Crippen LogP contribution in [0.25, 0.3) is 6.08 Å². The summed E-state index contributed by atoms with van der Waals surface area (Å²) < 4.78 is 5.88. The fourth-order valence-corrected chi connectivity index (χ4v) is 2.80. The second-order valence-corrected chi connectivity index (χ2v) is 6.04. The lowest BCUT2D eigenvalue weighted by Gasteiger charge is -2.11. The van der Waals surface area contributed by atoms with Gasteiger partial charge in [-0.3, -0.25) is 9.69 Å². The van der Waals surface area contributed by atoms with Crippen molar-refractivity contribution in [3.8, 4) is 11.8 Å². The minimum absolute atomic E-state index is 0.224. The number of hydrogen-bond acceptors (Lipinski definition) is 4. The maximum atomic E-state index is 12.4. The van der Waals surface area contributed by atoms with Crippen LogP contribution in [0.1, 0.15) is 30.0 Å². The molecule has 2 aromatic carbocycles. The second-order valence-electron chi connectivity index (χ2n) is 6.04. The van der Waals surface area contributed by atoms with E-state index in [0.29, 0.717) is 29.8 Å². The number of nitrogens with one attached hydrogen (secondary N) is 1. The Morgan fingerprint density at radius 1 is 1.15 bits per heavy atom. The molecule has 0 bridgehead atoms. The fraction of sp³-hybridized carbons (Fsp3) is 0.190. The Hall–Kier alpha value is -3.59. The van der Waals surface area contributed by atoms with Gasteiger partial charge in [-0.25, -0.2) is 4.79 Å². The van der Waals surface area contributed by atoms with Gasteiger partial charge in [-0.1, -0.05) is 43.3 Å². The number of ether oxygens (including phenoxy) is 1. The summed E-state index contributed by atoms with van der Waals surface area (Å²) in [6.07, 6.45) is 2.31. The summed E-state index contributed by atoms with van der Waals surface area (Å²) in [5.41, 5.74) is 2.24. The van der Waals surface area contributed by atoms with Crippen LogP contribution in [-0.4, -0.2) is 23.4 Å². The largest absolute Gasteiger partial charge is 0.488 e. The van der Waals surface area contributed by atoms with Gasteiger partial charge in [0.05, 0.1) is 11.6 Å². The lowest BCUT2D eigenvalue weighted by Crippen LogP contribution is -2.31. The van der Waals surface area contributed by atoms with E-state index in [-0.39, 0.29) is 18.2 Å². The van der Waals surface area contributed by atoms with Crippen molar-refractivity contribution >= 4 is 18.0 Å². The van der Waals surface area contributed by atoms with Crippen molar-refractivity contribution in [1.82, 2.24) is 10.2 Å². The van der Waals surface area contributed by atoms with Crippen molar-refractivity contribution < 1.29 is 14.3 Å². The quantitative estimate of drug-likeness (QED) is 0.631. The van der Waals surface area contributed by atoms with E-state index in [2.05, 4.69) is 11.4 Å². The predicted molar refractivity (Wildman–Crippen MR) is 100 cm³/mol. The predicted octanol–water partition coefficient (Wildman–Crippen LogP) is 3.44. The topological polar surface area (TPSA) is 82.4 Å². The van der Waals surface area contributed by atoms with Gasteiger partial charge in [-0.2, -0.15) is 5.26 Å². The van der Waals surface area contributed by atoms with E-state index in [0.717, 1.165) is 5.56 Å². The summed E-state index contributed by atoms with van der Waals surface area (Å²) in [4.78, 5) is 25.5. The molecule has 0 aromatic heterocycles. The molecule has 0 unspecified atom stereocenters. The molecular weight excluding hydrogens is 342 g/mol. The van der Waals surface area contributed by atoms with Crippen molar-refractivity contribution in [3.63, 3.8) is 0 Å². The number of rotatable bonds is 6. The molecule has 6 nitrogen and oxygen atoms in total. The molecule has 136 valence electrons. The lowest BCUT2D eigenvalue weighted by atomic mass is 10.1. The summed E-state index contributed by atoms with van der Waals surface area (Å²) in [5, 5.41) is 11.8. The van der Waals surface area contributed by atoms with Gasteiger partial charge in [0.25, 0.3) is 5.91 Å². The van der Waals surface area contributed by atoms with Crippen LogP contribution >= 0.6 is 0 Å². The van der Waals surface area contributed by atoms with Gasteiger partial charge in [-0.15, -0.1) is 0 Å². The molecule has 1 heterocycles. The van der Waals surface area contributed by atoms with E-state index >= 15 is 0 Å². The minimum atomic E-state index is -0.408. The third-order valence-electron chi connectivity index (χ3n) is 4.15. The number of nitrogens with zero attached hydrogens (tertiary/aromatic N) is 2. The molecule has 1 N–H and O–H groups in total. The molecule has 1 saturated heterocycles. The minimum Gasteiger partial charge on any atom is -0.488 e. The SMILES string of the molecule is CCCN1C(=O)N/C(=C/c2ccccc2OCc2ccccc2C#N)C1=O. The van der Waals surface area contributed by atoms with Crippen LogP contribution in [0.15, 0.2) is 54.2 Å². The van der Waals surface area contributed by atoms with Crippen molar-refractivity contribution in [3.05, 3.63) is 70.9 Å². The first-order valence-corrected chi connectivity index (χ1v) is 8.68. The molecule has 0 spiro atoms. The molecule has 0 radical (unpaired) electrons. The first-order chi connectivity index (χ1) is 13.1. The highest BCUT2D eigenvalue weighted by Gasteiger charge is 2.32. The molecule has 0 atom stereocenters. The number of amides is 3. The summed E-state index contributed by atoms with van der Waals surface area (Å²) in [7, 11) is 0.